The molecule has 0 saturated carbocycles. The van der Waals surface area contributed by atoms with Gasteiger partial charge in [-0.3, -0.25) is 0 Å². The Kier molecular flexibility index (Phi) is 9.21. The van der Waals surface area contributed by atoms with E-state index in [1.165, 1.54) is 94.3 Å². The van der Waals surface area contributed by atoms with E-state index in [9.17, 15) is 0 Å². The van der Waals surface area contributed by atoms with E-state index in [0.717, 1.165) is 17.1 Å². The molecule has 0 N–H and O–H groups in total. The lowest BCUT2D eigenvalue weighted by Crippen LogP contribution is -2.17. The second kappa shape index (κ2) is 15.6. The lowest BCUT2D eigenvalue weighted by atomic mass is 9.82. The smallest absolute Gasteiger partial charge is 0.0541 e. The van der Waals surface area contributed by atoms with E-state index in [-0.39, 0.29) is 5.41 Å². The van der Waals surface area contributed by atoms with Gasteiger partial charge in [-0.05, 0) is 116 Å². The number of para-hydroxylation sites is 3. The van der Waals surface area contributed by atoms with Crippen LogP contribution in [0.4, 0.5) is 17.1 Å². The summed E-state index contributed by atoms with van der Waals surface area (Å²) in [6.07, 6.45) is 0. The van der Waals surface area contributed by atoms with Gasteiger partial charge in [-0.1, -0.05) is 202 Å². The number of fused-ring (bicyclic) bond motifs is 6. The summed E-state index contributed by atoms with van der Waals surface area (Å²) in [4.78, 5) is 2.45. The summed E-state index contributed by atoms with van der Waals surface area (Å²) >= 11 is 0. The maximum atomic E-state index is 2.45. The van der Waals surface area contributed by atoms with Crippen LogP contribution in [0.25, 0.3) is 83.1 Å². The molecule has 65 heavy (non-hydrogen) atoms. The van der Waals surface area contributed by atoms with Gasteiger partial charge < -0.3 is 9.47 Å². The molecule has 1 aliphatic carbocycles. The number of benzene rings is 10. The van der Waals surface area contributed by atoms with Crippen molar-refractivity contribution in [1.29, 1.82) is 0 Å². The van der Waals surface area contributed by atoms with Crippen molar-refractivity contribution in [3.8, 4) is 61.3 Å². The molecular weight excluding hydrogens is 785 g/mol. The van der Waals surface area contributed by atoms with Gasteiger partial charge in [0.05, 0.1) is 16.7 Å². The minimum absolute atomic E-state index is 0.246. The summed E-state index contributed by atoms with van der Waals surface area (Å²) in [5, 5.41) is 2.55. The number of nitrogens with zero attached hydrogens (tertiary/aromatic N) is 2. The summed E-state index contributed by atoms with van der Waals surface area (Å²) < 4.78 is 2.43. The van der Waals surface area contributed by atoms with Gasteiger partial charge in [0.15, 0.2) is 0 Å². The molecule has 2 nitrogen and oxygen atoms in total. The van der Waals surface area contributed by atoms with Crippen LogP contribution in [0.15, 0.2) is 243 Å². The predicted molar refractivity (Wildman–Crippen MR) is 275 cm³/mol. The summed E-state index contributed by atoms with van der Waals surface area (Å²) in [5.74, 6) is 0. The Morgan fingerprint density at radius 2 is 0.738 bits per heavy atom. The second-order valence-electron chi connectivity index (χ2n) is 17.7. The first-order valence-corrected chi connectivity index (χ1v) is 22.6. The summed E-state index contributed by atoms with van der Waals surface area (Å²) in [6.45, 7) is 4.78. The average Bonchev–Trinajstić information content (AvgIpc) is 3.82. The molecule has 11 aromatic rings. The number of anilines is 3. The van der Waals surface area contributed by atoms with E-state index < -0.39 is 0 Å². The molecule has 10 aromatic carbocycles. The number of rotatable bonds is 8. The van der Waals surface area contributed by atoms with Crippen molar-refractivity contribution in [1.82, 2.24) is 4.57 Å². The topological polar surface area (TPSA) is 8.17 Å². The standard InChI is InChI=1S/C63H46N2/c1-63(2)58-41-51(37-39-54(58)55-40-38-52(42-59(55)63)65-61-23-13-10-20-56(61)57-21-11-14-24-62(57)65)64(50-35-33-48(34-36-50)47-27-25-45(26-28-47)43-15-5-3-6-16-43)60-22-12-9-19-53(60)49-31-29-46(30-32-49)44-17-7-4-8-18-44/h3-42H,1-2H3. The molecule has 0 bridgehead atoms. The molecule has 1 aromatic heterocycles. The molecule has 0 spiro atoms. The van der Waals surface area contributed by atoms with E-state index in [1.54, 1.807) is 0 Å². The fraction of sp³-hybridized carbons (Fsp3) is 0.0476. The van der Waals surface area contributed by atoms with Crippen LogP contribution in [0.1, 0.15) is 25.0 Å². The van der Waals surface area contributed by atoms with Gasteiger partial charge in [-0.15, -0.1) is 0 Å². The minimum Gasteiger partial charge on any atom is -0.310 e. The summed E-state index contributed by atoms with van der Waals surface area (Å²) in [6, 6.07) is 88.8. The van der Waals surface area contributed by atoms with Crippen LogP contribution in [0.5, 0.6) is 0 Å². The van der Waals surface area contributed by atoms with E-state index in [4.69, 9.17) is 0 Å². The molecule has 0 saturated heterocycles. The van der Waals surface area contributed by atoms with Gasteiger partial charge in [0.1, 0.15) is 0 Å². The van der Waals surface area contributed by atoms with Gasteiger partial charge in [-0.2, -0.15) is 0 Å². The zero-order valence-corrected chi connectivity index (χ0v) is 36.5. The predicted octanol–water partition coefficient (Wildman–Crippen LogP) is 17.2. The monoisotopic (exact) mass is 830 g/mol. The first-order valence-electron chi connectivity index (χ1n) is 22.6. The van der Waals surface area contributed by atoms with Gasteiger partial charge in [0.25, 0.3) is 0 Å². The average molecular weight is 831 g/mol. The third-order valence-electron chi connectivity index (χ3n) is 13.6. The van der Waals surface area contributed by atoms with Crippen LogP contribution in [0.3, 0.4) is 0 Å². The van der Waals surface area contributed by atoms with Crippen LogP contribution in [0.2, 0.25) is 0 Å². The maximum Gasteiger partial charge on any atom is 0.0541 e. The quantitative estimate of drug-likeness (QED) is 0.148. The highest BCUT2D eigenvalue weighted by Crippen LogP contribution is 2.52. The molecule has 0 fully saturated rings. The molecule has 308 valence electrons. The zero-order valence-electron chi connectivity index (χ0n) is 36.5. The second-order valence-corrected chi connectivity index (χ2v) is 17.7. The highest BCUT2D eigenvalue weighted by atomic mass is 15.1. The van der Waals surface area contributed by atoms with Crippen LogP contribution in [-0.4, -0.2) is 4.57 Å². The zero-order chi connectivity index (χ0) is 43.5. The van der Waals surface area contributed by atoms with E-state index in [0.29, 0.717) is 0 Å². The Morgan fingerprint density at radius 1 is 0.323 bits per heavy atom. The summed E-state index contributed by atoms with van der Waals surface area (Å²) in [5.41, 5.74) is 21.6. The third-order valence-corrected chi connectivity index (χ3v) is 13.6. The Balaban J connectivity index is 0.961. The van der Waals surface area contributed by atoms with E-state index >= 15 is 0 Å². The van der Waals surface area contributed by atoms with Gasteiger partial charge >= 0.3 is 0 Å². The highest BCUT2D eigenvalue weighted by molar-refractivity contribution is 6.09. The van der Waals surface area contributed by atoms with Crippen LogP contribution < -0.4 is 4.90 Å². The van der Waals surface area contributed by atoms with Crippen molar-refractivity contribution in [3.05, 3.63) is 254 Å². The molecule has 0 atom stereocenters. The lowest BCUT2D eigenvalue weighted by Gasteiger charge is -2.30. The minimum atomic E-state index is -0.246. The first kappa shape index (κ1) is 38.5. The molecule has 1 heterocycles. The fourth-order valence-corrected chi connectivity index (χ4v) is 10.3. The Labute approximate surface area is 381 Å². The lowest BCUT2D eigenvalue weighted by molar-refractivity contribution is 0.660. The van der Waals surface area contributed by atoms with Gasteiger partial charge in [0, 0.05) is 38.8 Å². The highest BCUT2D eigenvalue weighted by Gasteiger charge is 2.37. The molecular formula is C63H46N2. The molecule has 1 aliphatic rings. The van der Waals surface area contributed by atoms with Crippen molar-refractivity contribution < 1.29 is 0 Å². The number of aromatic nitrogens is 1. The van der Waals surface area contributed by atoms with Crippen molar-refractivity contribution in [2.75, 3.05) is 4.90 Å². The Morgan fingerprint density at radius 3 is 1.31 bits per heavy atom. The molecule has 2 heteroatoms. The number of hydrogen-bond acceptors (Lipinski definition) is 1. The van der Waals surface area contributed by atoms with Gasteiger partial charge in [0.2, 0.25) is 0 Å². The van der Waals surface area contributed by atoms with Crippen molar-refractivity contribution in [2.45, 2.75) is 19.3 Å². The fourth-order valence-electron chi connectivity index (χ4n) is 10.3. The van der Waals surface area contributed by atoms with Crippen molar-refractivity contribution >= 4 is 38.9 Å². The number of hydrogen-bond donors (Lipinski definition) is 0. The molecule has 0 radical (unpaired) electrons. The van der Waals surface area contributed by atoms with Crippen LogP contribution in [-0.2, 0) is 5.41 Å². The Bertz CT molecular complexity index is 3470. The van der Waals surface area contributed by atoms with Crippen molar-refractivity contribution in [3.63, 3.8) is 0 Å². The van der Waals surface area contributed by atoms with Crippen molar-refractivity contribution in [2.24, 2.45) is 0 Å². The van der Waals surface area contributed by atoms with E-state index in [2.05, 4.69) is 266 Å². The first-order chi connectivity index (χ1) is 32.0. The van der Waals surface area contributed by atoms with Crippen LogP contribution in [0, 0.1) is 0 Å². The Hall–Kier alpha value is -8.20. The molecule has 0 unspecified atom stereocenters. The molecule has 0 amide bonds. The normalized spacial score (nSPS) is 12.6. The third kappa shape index (κ3) is 6.57. The van der Waals surface area contributed by atoms with Gasteiger partial charge in [-0.25, -0.2) is 0 Å². The molecule has 0 aliphatic heterocycles. The largest absolute Gasteiger partial charge is 0.310 e. The van der Waals surface area contributed by atoms with Crippen LogP contribution >= 0.6 is 0 Å². The SMILES string of the molecule is CC1(C)c2cc(N(c3ccc(-c4ccc(-c5ccccc5)cc4)cc3)c3ccccc3-c3ccc(-c4ccccc4)cc3)ccc2-c2ccc(-n3c4ccccc4c4ccccc43)cc21. The summed E-state index contributed by atoms with van der Waals surface area (Å²) in [7, 11) is 0. The maximum absolute atomic E-state index is 2.45. The van der Waals surface area contributed by atoms with E-state index in [1.807, 2.05) is 0 Å². The molecule has 12 rings (SSSR count).